The summed E-state index contributed by atoms with van der Waals surface area (Å²) in [4.78, 5) is 28.1. The Bertz CT molecular complexity index is 913. The van der Waals surface area contributed by atoms with E-state index in [0.717, 1.165) is 31.2 Å². The van der Waals surface area contributed by atoms with Crippen molar-refractivity contribution in [2.45, 2.75) is 64.1 Å². The number of nitrogens with zero attached hydrogens (tertiary/aromatic N) is 1. The molecule has 0 saturated heterocycles. The highest BCUT2D eigenvalue weighted by Gasteiger charge is 2.31. The number of rotatable bonds is 10. The van der Waals surface area contributed by atoms with Gasteiger partial charge in [0.1, 0.15) is 17.5 Å². The molecule has 6 nitrogen and oxygen atoms in total. The van der Waals surface area contributed by atoms with Gasteiger partial charge in [-0.2, -0.15) is 0 Å². The molecule has 2 aromatic carbocycles. The van der Waals surface area contributed by atoms with Gasteiger partial charge < -0.3 is 19.7 Å². The van der Waals surface area contributed by atoms with E-state index < -0.39 is 6.04 Å². The summed E-state index contributed by atoms with van der Waals surface area (Å²) in [5.74, 6) is 0.881. The maximum absolute atomic E-state index is 13.3. The van der Waals surface area contributed by atoms with Crippen LogP contribution < -0.4 is 14.8 Å². The highest BCUT2D eigenvalue weighted by molar-refractivity contribution is 6.31. The molecule has 2 amide bonds. The molecule has 1 N–H and O–H groups in total. The average Bonchev–Trinajstić information content (AvgIpc) is 2.84. The lowest BCUT2D eigenvalue weighted by Crippen LogP contribution is -2.52. The Balaban J connectivity index is 1.74. The maximum atomic E-state index is 13.3. The number of ether oxygens (including phenoxy) is 2. The second-order valence-electron chi connectivity index (χ2n) is 8.34. The fourth-order valence-electron chi connectivity index (χ4n) is 4.17. The van der Waals surface area contributed by atoms with Gasteiger partial charge in [-0.1, -0.05) is 56.0 Å². The summed E-state index contributed by atoms with van der Waals surface area (Å²) in [6.07, 6.45) is 5.93. The van der Waals surface area contributed by atoms with Crippen LogP contribution in [0.4, 0.5) is 0 Å². The first-order chi connectivity index (χ1) is 16.0. The van der Waals surface area contributed by atoms with Gasteiger partial charge >= 0.3 is 0 Å². The number of carbonyl (C=O) groups excluding carboxylic acids is 2. The molecule has 1 fully saturated rings. The van der Waals surface area contributed by atoms with E-state index >= 15 is 0 Å². The highest BCUT2D eigenvalue weighted by atomic mass is 35.5. The van der Waals surface area contributed by atoms with Crippen LogP contribution in [0.5, 0.6) is 11.5 Å². The Morgan fingerprint density at radius 3 is 2.36 bits per heavy atom. The van der Waals surface area contributed by atoms with Crippen molar-refractivity contribution >= 4 is 23.4 Å². The third-order valence-corrected chi connectivity index (χ3v) is 6.43. The Morgan fingerprint density at radius 1 is 1.06 bits per heavy atom. The number of benzene rings is 2. The number of hydrogen-bond donors (Lipinski definition) is 1. The van der Waals surface area contributed by atoms with Gasteiger partial charge in [-0.05, 0) is 55.2 Å². The molecule has 0 spiro atoms. The van der Waals surface area contributed by atoms with Gasteiger partial charge in [0.15, 0.2) is 6.61 Å². The first-order valence-corrected chi connectivity index (χ1v) is 12.0. The topological polar surface area (TPSA) is 67.9 Å². The molecule has 0 radical (unpaired) electrons. The summed E-state index contributed by atoms with van der Waals surface area (Å²) in [6.45, 7) is 1.98. The predicted octanol–water partition coefficient (Wildman–Crippen LogP) is 4.98. The summed E-state index contributed by atoms with van der Waals surface area (Å²) < 4.78 is 10.9. The normalized spacial score (nSPS) is 14.9. The standard InChI is InChI=1S/C26H33ClN2O4/c1-3-24(26(31)28-20-10-5-4-6-11-20)29(17-19-9-7-8-12-23(19)27)25(30)18-33-22-15-13-21(32-2)14-16-22/h7-9,12-16,20,24H,3-6,10-11,17-18H2,1-2H3,(H,28,31)/t24-/m1/s1. The molecule has 1 aliphatic rings. The van der Waals surface area contributed by atoms with E-state index in [-0.39, 0.29) is 31.0 Å². The molecular weight excluding hydrogens is 440 g/mol. The largest absolute Gasteiger partial charge is 0.497 e. The quantitative estimate of drug-likeness (QED) is 0.529. The number of halogens is 1. The Morgan fingerprint density at radius 2 is 1.73 bits per heavy atom. The fourth-order valence-corrected chi connectivity index (χ4v) is 4.37. The van der Waals surface area contributed by atoms with E-state index in [1.807, 2.05) is 25.1 Å². The van der Waals surface area contributed by atoms with Crippen molar-refractivity contribution < 1.29 is 19.1 Å². The van der Waals surface area contributed by atoms with Crippen molar-refractivity contribution in [3.05, 3.63) is 59.1 Å². The van der Waals surface area contributed by atoms with Crippen LogP contribution in [0, 0.1) is 0 Å². The maximum Gasteiger partial charge on any atom is 0.261 e. The molecule has 0 bridgehead atoms. The number of carbonyl (C=O) groups is 2. The van der Waals surface area contributed by atoms with Crippen molar-refractivity contribution in [1.82, 2.24) is 10.2 Å². The van der Waals surface area contributed by atoms with Gasteiger partial charge in [0.2, 0.25) is 5.91 Å². The highest BCUT2D eigenvalue weighted by Crippen LogP contribution is 2.22. The SMILES string of the molecule is CC[C@H](C(=O)NC1CCCCC1)N(Cc1ccccc1Cl)C(=O)COc1ccc(OC)cc1. The number of nitrogens with one attached hydrogen (secondary N) is 1. The zero-order valence-corrected chi connectivity index (χ0v) is 20.1. The van der Waals surface area contributed by atoms with Crippen molar-refractivity contribution in [2.75, 3.05) is 13.7 Å². The first-order valence-electron chi connectivity index (χ1n) is 11.6. The van der Waals surface area contributed by atoms with E-state index in [9.17, 15) is 9.59 Å². The molecule has 7 heteroatoms. The van der Waals surface area contributed by atoms with E-state index in [2.05, 4.69) is 5.32 Å². The molecule has 0 aliphatic heterocycles. The Kier molecular flexibility index (Phi) is 9.43. The second kappa shape index (κ2) is 12.5. The van der Waals surface area contributed by atoms with Crippen LogP contribution in [0.1, 0.15) is 51.0 Å². The van der Waals surface area contributed by atoms with Gasteiger partial charge in [0, 0.05) is 17.6 Å². The van der Waals surface area contributed by atoms with E-state index in [4.69, 9.17) is 21.1 Å². The summed E-state index contributed by atoms with van der Waals surface area (Å²) in [6, 6.07) is 14.0. The minimum atomic E-state index is -0.602. The van der Waals surface area contributed by atoms with Gasteiger partial charge in [-0.25, -0.2) is 0 Å². The van der Waals surface area contributed by atoms with Crippen molar-refractivity contribution in [3.8, 4) is 11.5 Å². The molecule has 3 rings (SSSR count). The molecule has 0 unspecified atom stereocenters. The Labute approximate surface area is 201 Å². The van der Waals surface area contributed by atoms with E-state index in [1.54, 1.807) is 42.3 Å². The van der Waals surface area contributed by atoms with Crippen LogP contribution in [-0.4, -0.2) is 42.5 Å². The van der Waals surface area contributed by atoms with Crippen LogP contribution in [0.25, 0.3) is 0 Å². The smallest absolute Gasteiger partial charge is 0.261 e. The molecule has 1 atom stereocenters. The van der Waals surface area contributed by atoms with E-state index in [0.29, 0.717) is 22.9 Å². The lowest BCUT2D eigenvalue weighted by molar-refractivity contribution is -0.143. The van der Waals surface area contributed by atoms with Crippen LogP contribution in [0.3, 0.4) is 0 Å². The van der Waals surface area contributed by atoms with Crippen molar-refractivity contribution in [3.63, 3.8) is 0 Å². The zero-order valence-electron chi connectivity index (χ0n) is 19.4. The lowest BCUT2D eigenvalue weighted by Gasteiger charge is -2.33. The molecule has 0 aromatic heterocycles. The molecule has 1 saturated carbocycles. The lowest BCUT2D eigenvalue weighted by atomic mass is 9.95. The van der Waals surface area contributed by atoms with Crippen molar-refractivity contribution in [1.29, 1.82) is 0 Å². The Hall–Kier alpha value is -2.73. The predicted molar refractivity (Wildman–Crippen MR) is 130 cm³/mol. The molecular formula is C26H33ClN2O4. The first kappa shape index (κ1) is 24.9. The van der Waals surface area contributed by atoms with Crippen LogP contribution in [0.15, 0.2) is 48.5 Å². The van der Waals surface area contributed by atoms with Crippen molar-refractivity contribution in [2.24, 2.45) is 0 Å². The summed E-state index contributed by atoms with van der Waals surface area (Å²) in [7, 11) is 1.59. The van der Waals surface area contributed by atoms with Crippen LogP contribution in [-0.2, 0) is 16.1 Å². The van der Waals surface area contributed by atoms with Gasteiger partial charge in [0.05, 0.1) is 7.11 Å². The van der Waals surface area contributed by atoms with E-state index in [1.165, 1.54) is 6.42 Å². The number of hydrogen-bond acceptors (Lipinski definition) is 4. The van der Waals surface area contributed by atoms with Gasteiger partial charge in [-0.3, -0.25) is 9.59 Å². The molecule has 178 valence electrons. The number of methoxy groups -OCH3 is 1. The third-order valence-electron chi connectivity index (χ3n) is 6.06. The minimum absolute atomic E-state index is 0.116. The molecule has 1 aliphatic carbocycles. The summed E-state index contributed by atoms with van der Waals surface area (Å²) in [5.41, 5.74) is 0.792. The fraction of sp³-hybridized carbons (Fsp3) is 0.462. The molecule has 0 heterocycles. The number of amides is 2. The second-order valence-corrected chi connectivity index (χ2v) is 8.75. The van der Waals surface area contributed by atoms with Crippen LogP contribution >= 0.6 is 11.6 Å². The monoisotopic (exact) mass is 472 g/mol. The minimum Gasteiger partial charge on any atom is -0.497 e. The molecule has 33 heavy (non-hydrogen) atoms. The zero-order chi connectivity index (χ0) is 23.6. The molecule has 2 aromatic rings. The van der Waals surface area contributed by atoms with Gasteiger partial charge in [0.25, 0.3) is 5.91 Å². The average molecular weight is 473 g/mol. The summed E-state index contributed by atoms with van der Waals surface area (Å²) in [5, 5.41) is 3.74. The third kappa shape index (κ3) is 7.13. The van der Waals surface area contributed by atoms with Crippen LogP contribution in [0.2, 0.25) is 5.02 Å². The summed E-state index contributed by atoms with van der Waals surface area (Å²) >= 11 is 6.38. The van der Waals surface area contributed by atoms with Gasteiger partial charge in [-0.15, -0.1) is 0 Å².